The smallest absolute Gasteiger partial charge is 0.312 e. The van der Waals surface area contributed by atoms with E-state index in [9.17, 15) is 4.79 Å². The molecule has 0 fully saturated rings. The second-order valence-electron chi connectivity index (χ2n) is 7.57. The van der Waals surface area contributed by atoms with E-state index < -0.39 is 0 Å². The summed E-state index contributed by atoms with van der Waals surface area (Å²) in [4.78, 5) is 15.4. The topological polar surface area (TPSA) is 29.5 Å². The van der Waals surface area contributed by atoms with Crippen LogP contribution in [0.1, 0.15) is 36.9 Å². The van der Waals surface area contributed by atoms with Gasteiger partial charge in [0.2, 0.25) is 0 Å². The molecule has 0 saturated heterocycles. The van der Waals surface area contributed by atoms with E-state index in [1.165, 1.54) is 11.1 Å². The van der Waals surface area contributed by atoms with Crippen LogP contribution in [0, 0.1) is 18.8 Å². The van der Waals surface area contributed by atoms with Crippen molar-refractivity contribution in [2.45, 2.75) is 32.7 Å². The summed E-state index contributed by atoms with van der Waals surface area (Å²) in [5.74, 6) is -0.283. The number of carbonyl (C=O) groups is 1. The molecule has 2 aliphatic rings. The number of allylic oxidation sites excluding steroid dienone is 3. The first-order valence-corrected chi connectivity index (χ1v) is 10.1. The Morgan fingerprint density at radius 2 is 1.86 bits per heavy atom. The van der Waals surface area contributed by atoms with Gasteiger partial charge in [-0.3, -0.25) is 4.79 Å². The van der Waals surface area contributed by atoms with Crippen LogP contribution in [0.25, 0.3) is 0 Å². The first-order valence-electron chi connectivity index (χ1n) is 10.1. The summed E-state index contributed by atoms with van der Waals surface area (Å²) in [6, 6.07) is 18.8. The van der Waals surface area contributed by atoms with E-state index >= 15 is 0 Å². The molecule has 2 aromatic rings. The Morgan fingerprint density at radius 3 is 2.57 bits per heavy atom. The van der Waals surface area contributed by atoms with Crippen LogP contribution in [0.5, 0.6) is 0 Å². The first-order chi connectivity index (χ1) is 13.7. The highest BCUT2D eigenvalue weighted by molar-refractivity contribution is 5.77. The molecule has 4 rings (SSSR count). The monoisotopic (exact) mass is 373 g/mol. The second-order valence-corrected chi connectivity index (χ2v) is 7.57. The van der Waals surface area contributed by atoms with Gasteiger partial charge in [0.1, 0.15) is 0 Å². The Morgan fingerprint density at radius 1 is 1.11 bits per heavy atom. The molecular formula is C25H27NO2. The SMILES string of the molecule is CCOC(=O)[C@H]1[C@H]2C=CCCC2=CN(c2ccccc2)[C@H]1c1ccc(C)cc1. The molecule has 144 valence electrons. The highest BCUT2D eigenvalue weighted by atomic mass is 16.5. The first kappa shape index (κ1) is 18.5. The minimum atomic E-state index is -0.264. The summed E-state index contributed by atoms with van der Waals surface area (Å²) >= 11 is 0. The van der Waals surface area contributed by atoms with Gasteiger partial charge in [0.25, 0.3) is 0 Å². The molecule has 0 unspecified atom stereocenters. The lowest BCUT2D eigenvalue weighted by Crippen LogP contribution is -2.43. The number of hydrogen-bond donors (Lipinski definition) is 0. The third kappa shape index (κ3) is 3.49. The molecule has 3 atom stereocenters. The van der Waals surface area contributed by atoms with Crippen LogP contribution in [0.2, 0.25) is 0 Å². The van der Waals surface area contributed by atoms with E-state index in [0.717, 1.165) is 24.1 Å². The maximum absolute atomic E-state index is 13.2. The highest BCUT2D eigenvalue weighted by Crippen LogP contribution is 2.47. The number of anilines is 1. The van der Waals surface area contributed by atoms with E-state index in [1.54, 1.807) is 0 Å². The normalized spacial score (nSPS) is 23.7. The quantitative estimate of drug-likeness (QED) is 0.517. The van der Waals surface area contributed by atoms with Crippen LogP contribution in [-0.4, -0.2) is 12.6 Å². The van der Waals surface area contributed by atoms with Crippen LogP contribution in [0.4, 0.5) is 5.69 Å². The molecule has 28 heavy (non-hydrogen) atoms. The van der Waals surface area contributed by atoms with E-state index in [0.29, 0.717) is 6.61 Å². The molecule has 1 aliphatic heterocycles. The Labute approximate surface area is 167 Å². The van der Waals surface area contributed by atoms with Crippen molar-refractivity contribution in [2.75, 3.05) is 11.5 Å². The van der Waals surface area contributed by atoms with Crippen molar-refractivity contribution < 1.29 is 9.53 Å². The summed E-state index contributed by atoms with van der Waals surface area (Å²) in [5, 5.41) is 0. The van der Waals surface area contributed by atoms with Crippen LogP contribution in [-0.2, 0) is 9.53 Å². The van der Waals surface area contributed by atoms with Gasteiger partial charge in [-0.2, -0.15) is 0 Å². The fourth-order valence-corrected chi connectivity index (χ4v) is 4.39. The van der Waals surface area contributed by atoms with E-state index in [1.807, 2.05) is 25.1 Å². The number of fused-ring (bicyclic) bond motifs is 1. The van der Waals surface area contributed by atoms with Crippen LogP contribution in [0.15, 0.2) is 78.5 Å². The van der Waals surface area contributed by atoms with Crippen molar-refractivity contribution in [3.8, 4) is 0 Å². The maximum Gasteiger partial charge on any atom is 0.312 e. The number of para-hydroxylation sites is 1. The molecule has 3 heteroatoms. The Kier molecular flexibility index (Phi) is 5.34. The van der Waals surface area contributed by atoms with Crippen molar-refractivity contribution in [3.05, 3.63) is 89.6 Å². The van der Waals surface area contributed by atoms with Crippen LogP contribution >= 0.6 is 0 Å². The Hall–Kier alpha value is -2.81. The lowest BCUT2D eigenvalue weighted by Gasteiger charge is -2.44. The molecule has 0 spiro atoms. The number of esters is 1. The molecule has 0 bridgehead atoms. The summed E-state index contributed by atoms with van der Waals surface area (Å²) < 4.78 is 5.56. The number of ether oxygens (including phenoxy) is 1. The Bertz CT molecular complexity index is 883. The predicted octanol–water partition coefficient (Wildman–Crippen LogP) is 5.59. The molecule has 0 N–H and O–H groups in total. The van der Waals surface area contributed by atoms with Gasteiger partial charge in [0.15, 0.2) is 0 Å². The van der Waals surface area contributed by atoms with Gasteiger partial charge < -0.3 is 9.64 Å². The summed E-state index contributed by atoms with van der Waals surface area (Å²) in [6.45, 7) is 4.37. The molecule has 0 radical (unpaired) electrons. The van der Waals surface area contributed by atoms with E-state index in [2.05, 4.69) is 66.6 Å². The van der Waals surface area contributed by atoms with E-state index in [-0.39, 0.29) is 23.8 Å². The lowest BCUT2D eigenvalue weighted by atomic mass is 9.72. The molecule has 0 amide bonds. The average molecular weight is 373 g/mol. The molecule has 1 aliphatic carbocycles. The second kappa shape index (κ2) is 8.05. The minimum Gasteiger partial charge on any atom is -0.466 e. The zero-order valence-electron chi connectivity index (χ0n) is 16.5. The summed E-state index contributed by atoms with van der Waals surface area (Å²) in [6.07, 6.45) is 8.69. The van der Waals surface area contributed by atoms with Crippen molar-refractivity contribution in [2.24, 2.45) is 11.8 Å². The highest BCUT2D eigenvalue weighted by Gasteiger charge is 2.44. The average Bonchev–Trinajstić information content (AvgIpc) is 2.74. The van der Waals surface area contributed by atoms with Gasteiger partial charge >= 0.3 is 5.97 Å². The molecule has 2 aromatic carbocycles. The number of hydrogen-bond acceptors (Lipinski definition) is 3. The number of benzene rings is 2. The minimum absolute atomic E-state index is 0.0964. The third-order valence-corrected chi connectivity index (χ3v) is 5.73. The van der Waals surface area contributed by atoms with Gasteiger partial charge in [-0.15, -0.1) is 0 Å². The lowest BCUT2D eigenvalue weighted by molar-refractivity contribution is -0.150. The van der Waals surface area contributed by atoms with Crippen LogP contribution < -0.4 is 4.90 Å². The van der Waals surface area contributed by atoms with Crippen molar-refractivity contribution in [1.29, 1.82) is 0 Å². The third-order valence-electron chi connectivity index (χ3n) is 5.73. The largest absolute Gasteiger partial charge is 0.466 e. The van der Waals surface area contributed by atoms with Gasteiger partial charge in [-0.1, -0.05) is 60.2 Å². The number of carbonyl (C=O) groups excluding carboxylic acids is 1. The number of rotatable bonds is 4. The standard InChI is InChI=1S/C25H27NO2/c1-3-28-25(27)23-22-12-8-7-9-20(22)17-26(21-10-5-4-6-11-21)24(23)19-15-13-18(2)14-16-19/h4-6,8,10-17,22-24H,3,7,9H2,1-2H3/t22-,23-,24-/m0/s1. The molecule has 0 saturated carbocycles. The van der Waals surface area contributed by atoms with Gasteiger partial charge in [-0.05, 0) is 50.0 Å². The van der Waals surface area contributed by atoms with Crippen molar-refractivity contribution in [3.63, 3.8) is 0 Å². The number of nitrogens with zero attached hydrogens (tertiary/aromatic N) is 1. The van der Waals surface area contributed by atoms with Gasteiger partial charge in [-0.25, -0.2) is 0 Å². The molecule has 0 aromatic heterocycles. The molecular weight excluding hydrogens is 346 g/mol. The number of aryl methyl sites for hydroxylation is 1. The van der Waals surface area contributed by atoms with E-state index in [4.69, 9.17) is 4.74 Å². The van der Waals surface area contributed by atoms with Crippen LogP contribution in [0.3, 0.4) is 0 Å². The van der Waals surface area contributed by atoms with Crippen molar-refractivity contribution in [1.82, 2.24) is 0 Å². The zero-order valence-corrected chi connectivity index (χ0v) is 16.5. The molecule has 1 heterocycles. The Balaban J connectivity index is 1.88. The summed E-state index contributed by atoms with van der Waals surface area (Å²) in [7, 11) is 0. The molecule has 3 nitrogen and oxygen atoms in total. The maximum atomic E-state index is 13.2. The van der Waals surface area contributed by atoms with Crippen molar-refractivity contribution >= 4 is 11.7 Å². The van der Waals surface area contributed by atoms with Gasteiger partial charge in [0, 0.05) is 17.8 Å². The zero-order chi connectivity index (χ0) is 19.5. The predicted molar refractivity (Wildman–Crippen MR) is 113 cm³/mol. The fraction of sp³-hybridized carbons (Fsp3) is 0.320. The fourth-order valence-electron chi connectivity index (χ4n) is 4.39. The summed E-state index contributed by atoms with van der Waals surface area (Å²) in [5.41, 5.74) is 4.77. The van der Waals surface area contributed by atoms with Gasteiger partial charge in [0.05, 0.1) is 18.6 Å².